The second kappa shape index (κ2) is 8.88. The number of hydrogen-bond acceptors (Lipinski definition) is 2. The third-order valence-electron chi connectivity index (χ3n) is 3.41. The average molecular weight is 297 g/mol. The van der Waals surface area contributed by atoms with Gasteiger partial charge in [-0.25, -0.2) is 0 Å². The number of amides is 1. The Balaban J connectivity index is 1.67. The molecule has 2 aromatic carbocycles. The highest BCUT2D eigenvalue weighted by Gasteiger charge is 2.03. The van der Waals surface area contributed by atoms with E-state index in [-0.39, 0.29) is 5.91 Å². The van der Waals surface area contributed by atoms with E-state index in [0.29, 0.717) is 19.6 Å². The van der Waals surface area contributed by atoms with Gasteiger partial charge in [0.25, 0.3) is 0 Å². The molecule has 3 nitrogen and oxygen atoms in total. The Hall–Kier alpha value is -2.29. The predicted octanol–water partition coefficient (Wildman–Crippen LogP) is 3.38. The van der Waals surface area contributed by atoms with Crippen LogP contribution in [0.1, 0.15) is 24.5 Å². The van der Waals surface area contributed by atoms with E-state index in [1.165, 1.54) is 5.56 Å². The van der Waals surface area contributed by atoms with Crippen LogP contribution in [0, 0.1) is 0 Å². The van der Waals surface area contributed by atoms with E-state index in [9.17, 15) is 4.79 Å². The van der Waals surface area contributed by atoms with Gasteiger partial charge in [-0.1, -0.05) is 42.5 Å². The van der Waals surface area contributed by atoms with Gasteiger partial charge in [0.2, 0.25) is 5.91 Å². The fourth-order valence-electron chi connectivity index (χ4n) is 2.28. The number of rotatable bonds is 8. The minimum absolute atomic E-state index is 0.0669. The predicted molar refractivity (Wildman–Crippen MR) is 89.1 cm³/mol. The molecule has 0 radical (unpaired) electrons. The molecular weight excluding hydrogens is 274 g/mol. The summed E-state index contributed by atoms with van der Waals surface area (Å²) in [6.07, 6.45) is 2.36. The molecule has 1 N–H and O–H groups in total. The van der Waals surface area contributed by atoms with Gasteiger partial charge in [-0.3, -0.25) is 4.79 Å². The van der Waals surface area contributed by atoms with Gasteiger partial charge in [0.05, 0.1) is 13.0 Å². The average Bonchev–Trinajstić information content (AvgIpc) is 2.55. The first kappa shape index (κ1) is 16.1. The van der Waals surface area contributed by atoms with Crippen molar-refractivity contribution < 1.29 is 9.53 Å². The molecule has 3 heteroatoms. The number of carbonyl (C=O) groups is 1. The molecule has 0 saturated carbocycles. The molecule has 0 unspecified atom stereocenters. The zero-order valence-electron chi connectivity index (χ0n) is 13.0. The maximum absolute atomic E-state index is 11.9. The second-order valence-electron chi connectivity index (χ2n) is 5.19. The summed E-state index contributed by atoms with van der Waals surface area (Å²) in [4.78, 5) is 11.9. The molecule has 0 bridgehead atoms. The van der Waals surface area contributed by atoms with E-state index in [1.54, 1.807) is 0 Å². The smallest absolute Gasteiger partial charge is 0.224 e. The minimum atomic E-state index is 0.0669. The van der Waals surface area contributed by atoms with Crippen LogP contribution in [0.2, 0.25) is 0 Å². The van der Waals surface area contributed by atoms with Crippen molar-refractivity contribution in [3.63, 3.8) is 0 Å². The third kappa shape index (κ3) is 5.60. The molecule has 0 atom stereocenters. The molecule has 0 aliphatic carbocycles. The van der Waals surface area contributed by atoms with Gasteiger partial charge in [0, 0.05) is 6.54 Å². The van der Waals surface area contributed by atoms with Crippen molar-refractivity contribution in [1.29, 1.82) is 0 Å². The van der Waals surface area contributed by atoms with Gasteiger partial charge in [-0.15, -0.1) is 0 Å². The van der Waals surface area contributed by atoms with Crippen LogP contribution in [0.25, 0.3) is 0 Å². The Kier molecular flexibility index (Phi) is 6.49. The fourth-order valence-corrected chi connectivity index (χ4v) is 2.28. The van der Waals surface area contributed by atoms with Crippen molar-refractivity contribution in [3.05, 3.63) is 65.7 Å². The zero-order valence-corrected chi connectivity index (χ0v) is 13.0. The normalized spacial score (nSPS) is 10.2. The molecule has 0 fully saturated rings. The lowest BCUT2D eigenvalue weighted by Gasteiger charge is -2.07. The molecule has 116 valence electrons. The number of ether oxygens (including phenoxy) is 1. The fraction of sp³-hybridized carbons (Fsp3) is 0.316. The molecule has 2 rings (SSSR count). The lowest BCUT2D eigenvalue weighted by molar-refractivity contribution is -0.120. The van der Waals surface area contributed by atoms with Crippen molar-refractivity contribution in [2.24, 2.45) is 0 Å². The van der Waals surface area contributed by atoms with Crippen LogP contribution < -0.4 is 10.1 Å². The number of carbonyl (C=O) groups excluding carboxylic acids is 1. The van der Waals surface area contributed by atoms with E-state index in [0.717, 1.165) is 24.2 Å². The van der Waals surface area contributed by atoms with Crippen molar-refractivity contribution in [2.75, 3.05) is 13.2 Å². The highest BCUT2D eigenvalue weighted by Crippen LogP contribution is 2.12. The molecular formula is C19H23NO2. The van der Waals surface area contributed by atoms with Gasteiger partial charge in [-0.2, -0.15) is 0 Å². The minimum Gasteiger partial charge on any atom is -0.494 e. The molecule has 0 heterocycles. The van der Waals surface area contributed by atoms with Gasteiger partial charge in [0.1, 0.15) is 5.75 Å². The number of hydrogen-bond donors (Lipinski definition) is 1. The monoisotopic (exact) mass is 297 g/mol. The molecule has 0 aliphatic rings. The summed E-state index contributed by atoms with van der Waals surface area (Å²) in [6, 6.07) is 18.0. The summed E-state index contributed by atoms with van der Waals surface area (Å²) in [7, 11) is 0. The quantitative estimate of drug-likeness (QED) is 0.759. The maximum atomic E-state index is 11.9. The Morgan fingerprint density at radius 3 is 2.41 bits per heavy atom. The molecule has 0 spiro atoms. The Bertz CT molecular complexity index is 564. The van der Waals surface area contributed by atoms with Gasteiger partial charge >= 0.3 is 0 Å². The molecule has 0 aliphatic heterocycles. The Morgan fingerprint density at radius 2 is 1.73 bits per heavy atom. The van der Waals surface area contributed by atoms with E-state index in [1.807, 2.05) is 49.4 Å². The van der Waals surface area contributed by atoms with E-state index in [4.69, 9.17) is 4.74 Å². The van der Waals surface area contributed by atoms with Crippen LogP contribution in [0.15, 0.2) is 54.6 Å². The lowest BCUT2D eigenvalue weighted by Crippen LogP contribution is -2.26. The van der Waals surface area contributed by atoms with Crippen LogP contribution in [0.5, 0.6) is 5.75 Å². The Morgan fingerprint density at radius 1 is 1.00 bits per heavy atom. The highest BCUT2D eigenvalue weighted by atomic mass is 16.5. The van der Waals surface area contributed by atoms with Gasteiger partial charge in [-0.05, 0) is 43.0 Å². The summed E-state index contributed by atoms with van der Waals surface area (Å²) >= 11 is 0. The van der Waals surface area contributed by atoms with E-state index < -0.39 is 0 Å². The van der Waals surface area contributed by atoms with Crippen molar-refractivity contribution in [3.8, 4) is 5.75 Å². The zero-order chi connectivity index (χ0) is 15.6. The Labute approximate surface area is 132 Å². The largest absolute Gasteiger partial charge is 0.494 e. The van der Waals surface area contributed by atoms with Crippen molar-refractivity contribution in [1.82, 2.24) is 5.32 Å². The molecule has 22 heavy (non-hydrogen) atoms. The van der Waals surface area contributed by atoms with Gasteiger partial charge < -0.3 is 10.1 Å². The first-order chi connectivity index (χ1) is 10.8. The SMILES string of the molecule is CCOc1ccc(CC(=O)NCCCc2ccccc2)cc1. The molecule has 1 amide bonds. The summed E-state index contributed by atoms with van der Waals surface area (Å²) in [5, 5.41) is 2.97. The molecule has 0 aromatic heterocycles. The van der Waals surface area contributed by atoms with Crippen LogP contribution >= 0.6 is 0 Å². The molecule has 2 aromatic rings. The molecule has 0 saturated heterocycles. The van der Waals surface area contributed by atoms with Crippen LogP contribution in [-0.4, -0.2) is 19.1 Å². The van der Waals surface area contributed by atoms with Crippen LogP contribution in [0.3, 0.4) is 0 Å². The lowest BCUT2D eigenvalue weighted by atomic mass is 10.1. The summed E-state index contributed by atoms with van der Waals surface area (Å²) in [6.45, 7) is 3.32. The van der Waals surface area contributed by atoms with Crippen molar-refractivity contribution in [2.45, 2.75) is 26.2 Å². The number of nitrogens with one attached hydrogen (secondary N) is 1. The van der Waals surface area contributed by atoms with E-state index in [2.05, 4.69) is 17.4 Å². The van der Waals surface area contributed by atoms with Crippen molar-refractivity contribution >= 4 is 5.91 Å². The standard InChI is InChI=1S/C19H23NO2/c1-2-22-18-12-10-17(11-13-18)15-19(21)20-14-6-9-16-7-4-3-5-8-16/h3-5,7-8,10-13H,2,6,9,14-15H2,1H3,(H,20,21). The van der Waals surface area contributed by atoms with Crippen LogP contribution in [0.4, 0.5) is 0 Å². The topological polar surface area (TPSA) is 38.3 Å². The number of aryl methyl sites for hydroxylation is 1. The van der Waals surface area contributed by atoms with E-state index >= 15 is 0 Å². The summed E-state index contributed by atoms with van der Waals surface area (Å²) in [5.41, 5.74) is 2.31. The second-order valence-corrected chi connectivity index (χ2v) is 5.19. The third-order valence-corrected chi connectivity index (χ3v) is 3.41. The highest BCUT2D eigenvalue weighted by molar-refractivity contribution is 5.78. The first-order valence-corrected chi connectivity index (χ1v) is 7.80. The maximum Gasteiger partial charge on any atom is 0.224 e. The first-order valence-electron chi connectivity index (χ1n) is 7.80. The summed E-state index contributed by atoms with van der Waals surface area (Å²) in [5.74, 6) is 0.909. The van der Waals surface area contributed by atoms with Gasteiger partial charge in [0.15, 0.2) is 0 Å². The van der Waals surface area contributed by atoms with Crippen LogP contribution in [-0.2, 0) is 17.6 Å². The summed E-state index contributed by atoms with van der Waals surface area (Å²) < 4.78 is 5.39. The number of benzene rings is 2.